The van der Waals surface area contributed by atoms with E-state index < -0.39 is 0 Å². The van der Waals surface area contributed by atoms with Crippen molar-refractivity contribution in [1.82, 2.24) is 4.98 Å². The molecule has 0 aliphatic carbocycles. The van der Waals surface area contributed by atoms with E-state index in [0.717, 1.165) is 10.9 Å². The minimum atomic E-state index is -0.156. The number of aromatic nitrogens is 1. The van der Waals surface area contributed by atoms with Gasteiger partial charge in [0.25, 0.3) is 5.56 Å². The van der Waals surface area contributed by atoms with Crippen LogP contribution in [0.5, 0.6) is 5.75 Å². The number of fused-ring (bicyclic) bond motifs is 1. The van der Waals surface area contributed by atoms with E-state index in [1.807, 2.05) is 18.2 Å². The van der Waals surface area contributed by atoms with E-state index in [1.165, 1.54) is 0 Å². The zero-order chi connectivity index (χ0) is 16.4. The van der Waals surface area contributed by atoms with Gasteiger partial charge in [-0.25, -0.2) is 0 Å². The van der Waals surface area contributed by atoms with Crippen molar-refractivity contribution in [3.8, 4) is 5.75 Å². The molecule has 118 valence electrons. The van der Waals surface area contributed by atoms with Crippen LogP contribution < -0.4 is 15.6 Å². The van der Waals surface area contributed by atoms with Crippen LogP contribution in [-0.4, -0.2) is 12.1 Å². The van der Waals surface area contributed by atoms with Gasteiger partial charge in [-0.1, -0.05) is 23.2 Å². The van der Waals surface area contributed by atoms with Gasteiger partial charge in [0.1, 0.15) is 5.75 Å². The summed E-state index contributed by atoms with van der Waals surface area (Å²) in [5.41, 5.74) is 1.88. The third-order valence-corrected chi connectivity index (χ3v) is 4.09. The predicted octanol–water partition coefficient (Wildman–Crippen LogP) is 4.46. The molecule has 1 aromatic heterocycles. The first kappa shape index (κ1) is 15.7. The Morgan fingerprint density at radius 3 is 2.74 bits per heavy atom. The highest BCUT2D eigenvalue weighted by Gasteiger charge is 2.06. The van der Waals surface area contributed by atoms with Gasteiger partial charge in [0.05, 0.1) is 23.3 Å². The van der Waals surface area contributed by atoms with Crippen molar-refractivity contribution in [1.29, 1.82) is 0 Å². The highest BCUT2D eigenvalue weighted by Crippen LogP contribution is 2.26. The zero-order valence-corrected chi connectivity index (χ0v) is 13.8. The van der Waals surface area contributed by atoms with E-state index >= 15 is 0 Å². The number of hydrogen-bond acceptors (Lipinski definition) is 3. The van der Waals surface area contributed by atoms with Crippen LogP contribution in [0.3, 0.4) is 0 Å². The molecule has 0 fully saturated rings. The lowest BCUT2D eigenvalue weighted by molar-refractivity contribution is 0.415. The monoisotopic (exact) mass is 348 g/mol. The molecule has 0 saturated heterocycles. The fourth-order valence-electron chi connectivity index (χ4n) is 2.31. The van der Waals surface area contributed by atoms with Crippen LogP contribution in [0, 0.1) is 0 Å². The summed E-state index contributed by atoms with van der Waals surface area (Å²) < 4.78 is 5.16. The lowest BCUT2D eigenvalue weighted by Crippen LogP contribution is -2.15. The van der Waals surface area contributed by atoms with Gasteiger partial charge in [0.2, 0.25) is 0 Å². The third-order valence-electron chi connectivity index (χ3n) is 3.53. The van der Waals surface area contributed by atoms with Gasteiger partial charge < -0.3 is 15.0 Å². The smallest absolute Gasteiger partial charge is 0.253 e. The number of methoxy groups -OCH3 is 1. The van der Waals surface area contributed by atoms with Crippen molar-refractivity contribution < 1.29 is 4.74 Å². The van der Waals surface area contributed by atoms with E-state index in [9.17, 15) is 4.79 Å². The quantitative estimate of drug-likeness (QED) is 0.731. The molecule has 0 amide bonds. The third kappa shape index (κ3) is 3.44. The number of anilines is 1. The van der Waals surface area contributed by atoms with E-state index in [1.54, 1.807) is 31.4 Å². The Morgan fingerprint density at radius 2 is 1.96 bits per heavy atom. The van der Waals surface area contributed by atoms with E-state index in [-0.39, 0.29) is 5.56 Å². The van der Waals surface area contributed by atoms with Crippen LogP contribution in [0.15, 0.2) is 47.3 Å². The molecule has 0 spiro atoms. The van der Waals surface area contributed by atoms with Crippen LogP contribution in [-0.2, 0) is 6.54 Å². The van der Waals surface area contributed by atoms with Crippen molar-refractivity contribution in [3.05, 3.63) is 68.4 Å². The fourth-order valence-corrected chi connectivity index (χ4v) is 2.66. The van der Waals surface area contributed by atoms with Gasteiger partial charge in [0.15, 0.2) is 0 Å². The molecule has 3 aromatic rings. The average Bonchev–Trinajstić information content (AvgIpc) is 2.55. The largest absolute Gasteiger partial charge is 0.497 e. The molecule has 0 saturated carbocycles. The number of pyridine rings is 1. The second-order valence-electron chi connectivity index (χ2n) is 5.05. The number of benzene rings is 2. The molecule has 1 heterocycles. The highest BCUT2D eigenvalue weighted by molar-refractivity contribution is 6.35. The average molecular weight is 349 g/mol. The first-order chi connectivity index (χ1) is 11.1. The van der Waals surface area contributed by atoms with Crippen LogP contribution >= 0.6 is 23.2 Å². The number of hydrogen-bond donors (Lipinski definition) is 2. The fraction of sp³-hybridized carbons (Fsp3) is 0.118. The van der Waals surface area contributed by atoms with E-state index in [0.29, 0.717) is 33.6 Å². The van der Waals surface area contributed by atoms with Gasteiger partial charge in [-0.15, -0.1) is 0 Å². The summed E-state index contributed by atoms with van der Waals surface area (Å²) in [7, 11) is 1.59. The number of halogens is 2. The summed E-state index contributed by atoms with van der Waals surface area (Å²) in [4.78, 5) is 15.1. The van der Waals surface area contributed by atoms with Crippen molar-refractivity contribution in [2.45, 2.75) is 6.54 Å². The Hall–Kier alpha value is -2.17. The highest BCUT2D eigenvalue weighted by atomic mass is 35.5. The molecule has 2 aromatic carbocycles. The first-order valence-electron chi connectivity index (χ1n) is 6.95. The van der Waals surface area contributed by atoms with Gasteiger partial charge in [-0.3, -0.25) is 4.79 Å². The van der Waals surface area contributed by atoms with Gasteiger partial charge in [-0.05, 0) is 41.8 Å². The van der Waals surface area contributed by atoms with Crippen molar-refractivity contribution in [3.63, 3.8) is 0 Å². The maximum atomic E-state index is 12.2. The maximum absolute atomic E-state index is 12.2. The van der Waals surface area contributed by atoms with Crippen LogP contribution in [0.2, 0.25) is 10.0 Å². The van der Waals surface area contributed by atoms with Gasteiger partial charge in [-0.2, -0.15) is 0 Å². The number of nitrogens with one attached hydrogen (secondary N) is 2. The first-order valence-corrected chi connectivity index (χ1v) is 7.71. The topological polar surface area (TPSA) is 54.1 Å². The normalized spacial score (nSPS) is 10.7. The number of aromatic amines is 1. The Kier molecular flexibility index (Phi) is 4.46. The molecule has 6 heteroatoms. The Bertz CT molecular complexity index is 922. The van der Waals surface area contributed by atoms with E-state index in [4.69, 9.17) is 27.9 Å². The van der Waals surface area contributed by atoms with E-state index in [2.05, 4.69) is 10.3 Å². The number of H-pyrrole nitrogens is 1. The summed E-state index contributed by atoms with van der Waals surface area (Å²) in [5, 5.41) is 5.20. The molecule has 0 radical (unpaired) electrons. The predicted molar refractivity (Wildman–Crippen MR) is 94.9 cm³/mol. The second-order valence-corrected chi connectivity index (χ2v) is 5.90. The molecule has 0 aliphatic rings. The van der Waals surface area contributed by atoms with Crippen LogP contribution in [0.1, 0.15) is 5.56 Å². The molecule has 0 bridgehead atoms. The molecule has 3 rings (SSSR count). The summed E-state index contributed by atoms with van der Waals surface area (Å²) in [5.74, 6) is 0.699. The number of rotatable bonds is 4. The lowest BCUT2D eigenvalue weighted by Gasteiger charge is -2.09. The molecule has 4 nitrogen and oxygen atoms in total. The molecule has 23 heavy (non-hydrogen) atoms. The Balaban J connectivity index is 1.89. The maximum Gasteiger partial charge on any atom is 0.253 e. The van der Waals surface area contributed by atoms with Crippen molar-refractivity contribution >= 4 is 39.8 Å². The minimum Gasteiger partial charge on any atom is -0.497 e. The standard InChI is InChI=1S/C17H14Cl2N2O2/c1-23-13-4-2-10-6-11(17(22)21-15(10)8-13)9-20-16-7-12(18)3-5-14(16)19/h2-8,20H,9H2,1H3,(H,21,22). The van der Waals surface area contributed by atoms with Gasteiger partial charge >= 0.3 is 0 Å². The summed E-state index contributed by atoms with van der Waals surface area (Å²) in [6.07, 6.45) is 0. The van der Waals surface area contributed by atoms with Gasteiger partial charge in [0, 0.05) is 23.2 Å². The zero-order valence-electron chi connectivity index (χ0n) is 12.3. The van der Waals surface area contributed by atoms with Crippen LogP contribution in [0.4, 0.5) is 5.69 Å². The molecule has 2 N–H and O–H groups in total. The minimum absolute atomic E-state index is 0.156. The Morgan fingerprint density at radius 1 is 1.13 bits per heavy atom. The molecule has 0 unspecified atom stereocenters. The molecular weight excluding hydrogens is 335 g/mol. The van der Waals surface area contributed by atoms with Crippen LogP contribution in [0.25, 0.3) is 10.9 Å². The Labute approximate surface area is 143 Å². The number of ether oxygens (including phenoxy) is 1. The summed E-state index contributed by atoms with van der Waals surface area (Å²) in [6, 6.07) is 12.5. The summed E-state index contributed by atoms with van der Waals surface area (Å²) >= 11 is 12.1. The second kappa shape index (κ2) is 6.52. The molecule has 0 aliphatic heterocycles. The molecular formula is C17H14Cl2N2O2. The molecule has 0 atom stereocenters. The summed E-state index contributed by atoms with van der Waals surface area (Å²) in [6.45, 7) is 0.345. The SMILES string of the molecule is COc1ccc2cc(CNc3cc(Cl)ccc3Cl)c(=O)[nH]c2c1. The lowest BCUT2D eigenvalue weighted by atomic mass is 10.1. The van der Waals surface area contributed by atoms with Crippen molar-refractivity contribution in [2.24, 2.45) is 0 Å². The van der Waals surface area contributed by atoms with Crippen molar-refractivity contribution in [2.75, 3.05) is 12.4 Å².